The Balaban J connectivity index is 1.98. The SMILES string of the molecule is C#Cc1ccccc1OC(=O)C1CCC(C=C)CC1. The fourth-order valence-corrected chi connectivity index (χ4v) is 2.46. The average molecular weight is 254 g/mol. The fourth-order valence-electron chi connectivity index (χ4n) is 2.46. The molecule has 2 nitrogen and oxygen atoms in total. The number of carbonyl (C=O) groups excluding carboxylic acids is 1. The summed E-state index contributed by atoms with van der Waals surface area (Å²) in [7, 11) is 0. The molecule has 98 valence electrons. The zero-order chi connectivity index (χ0) is 13.7. The van der Waals surface area contributed by atoms with Crippen LogP contribution in [-0.4, -0.2) is 5.97 Å². The van der Waals surface area contributed by atoms with Gasteiger partial charge in [0.2, 0.25) is 0 Å². The molecule has 19 heavy (non-hydrogen) atoms. The third kappa shape index (κ3) is 3.26. The number of ether oxygens (including phenoxy) is 1. The Morgan fingerprint density at radius 1 is 1.32 bits per heavy atom. The highest BCUT2D eigenvalue weighted by Crippen LogP contribution is 2.30. The van der Waals surface area contributed by atoms with Crippen molar-refractivity contribution in [3.8, 4) is 18.1 Å². The minimum atomic E-state index is -0.162. The summed E-state index contributed by atoms with van der Waals surface area (Å²) in [5.74, 6) is 3.39. The highest BCUT2D eigenvalue weighted by atomic mass is 16.5. The summed E-state index contributed by atoms with van der Waals surface area (Å²) in [6.07, 6.45) is 11.1. The van der Waals surface area contributed by atoms with E-state index < -0.39 is 0 Å². The van der Waals surface area contributed by atoms with Crippen LogP contribution < -0.4 is 4.74 Å². The highest BCUT2D eigenvalue weighted by molar-refractivity contribution is 5.76. The normalized spacial score (nSPS) is 22.3. The van der Waals surface area contributed by atoms with Gasteiger partial charge in [-0.05, 0) is 43.7 Å². The molecule has 0 bridgehead atoms. The van der Waals surface area contributed by atoms with Gasteiger partial charge in [0.1, 0.15) is 5.75 Å². The summed E-state index contributed by atoms with van der Waals surface area (Å²) >= 11 is 0. The van der Waals surface area contributed by atoms with Gasteiger partial charge >= 0.3 is 5.97 Å². The molecule has 0 amide bonds. The van der Waals surface area contributed by atoms with Gasteiger partial charge < -0.3 is 4.74 Å². The fraction of sp³-hybridized carbons (Fsp3) is 0.353. The molecule has 0 aromatic heterocycles. The Morgan fingerprint density at radius 2 is 2.00 bits per heavy atom. The molecule has 0 unspecified atom stereocenters. The van der Waals surface area contributed by atoms with E-state index >= 15 is 0 Å². The molecule has 1 aliphatic rings. The number of benzene rings is 1. The second-order valence-electron chi connectivity index (χ2n) is 4.91. The van der Waals surface area contributed by atoms with Crippen LogP contribution >= 0.6 is 0 Å². The second-order valence-corrected chi connectivity index (χ2v) is 4.91. The third-order valence-electron chi connectivity index (χ3n) is 3.69. The van der Waals surface area contributed by atoms with Gasteiger partial charge in [0, 0.05) is 0 Å². The van der Waals surface area contributed by atoms with Crippen LogP contribution in [0.1, 0.15) is 31.2 Å². The Morgan fingerprint density at radius 3 is 2.63 bits per heavy atom. The van der Waals surface area contributed by atoms with Crippen molar-refractivity contribution in [1.82, 2.24) is 0 Å². The summed E-state index contributed by atoms with van der Waals surface area (Å²) < 4.78 is 5.44. The van der Waals surface area contributed by atoms with E-state index in [-0.39, 0.29) is 11.9 Å². The van der Waals surface area contributed by atoms with Crippen LogP contribution in [0.3, 0.4) is 0 Å². The average Bonchev–Trinajstić information content (AvgIpc) is 2.48. The molecule has 0 heterocycles. The molecule has 1 saturated carbocycles. The van der Waals surface area contributed by atoms with Crippen molar-refractivity contribution < 1.29 is 9.53 Å². The van der Waals surface area contributed by atoms with Crippen molar-refractivity contribution in [3.63, 3.8) is 0 Å². The van der Waals surface area contributed by atoms with E-state index in [0.717, 1.165) is 25.7 Å². The Labute approximate surface area is 114 Å². The van der Waals surface area contributed by atoms with Crippen molar-refractivity contribution in [1.29, 1.82) is 0 Å². The first kappa shape index (κ1) is 13.4. The standard InChI is InChI=1S/C17H18O2/c1-3-13-9-11-15(12-10-13)17(18)19-16-8-6-5-7-14(16)4-2/h2-3,5-8,13,15H,1,9-12H2. The first-order valence-corrected chi connectivity index (χ1v) is 6.64. The number of para-hydroxylation sites is 1. The second kappa shape index (κ2) is 6.24. The highest BCUT2D eigenvalue weighted by Gasteiger charge is 2.26. The first-order chi connectivity index (χ1) is 9.24. The molecule has 1 aromatic rings. The number of hydrogen-bond donors (Lipinski definition) is 0. The number of esters is 1. The van der Waals surface area contributed by atoms with Crippen molar-refractivity contribution >= 4 is 5.97 Å². The van der Waals surface area contributed by atoms with Crippen LogP contribution in [0.2, 0.25) is 0 Å². The minimum Gasteiger partial charge on any atom is -0.425 e. The van der Waals surface area contributed by atoms with Crippen LogP contribution in [0.15, 0.2) is 36.9 Å². The summed E-state index contributed by atoms with van der Waals surface area (Å²) in [5, 5.41) is 0. The minimum absolute atomic E-state index is 0.0120. The van der Waals surface area contributed by atoms with Gasteiger partial charge in [-0.25, -0.2) is 0 Å². The van der Waals surface area contributed by atoms with Crippen LogP contribution in [-0.2, 0) is 4.79 Å². The molecular weight excluding hydrogens is 236 g/mol. The van der Waals surface area contributed by atoms with Gasteiger partial charge in [-0.3, -0.25) is 4.79 Å². The van der Waals surface area contributed by atoms with Gasteiger partial charge in [-0.1, -0.05) is 24.1 Å². The molecule has 0 radical (unpaired) electrons. The van der Waals surface area contributed by atoms with E-state index in [1.165, 1.54) is 0 Å². The van der Waals surface area contributed by atoms with Crippen LogP contribution in [0.25, 0.3) is 0 Å². The number of carbonyl (C=O) groups is 1. The van der Waals surface area contributed by atoms with Crippen molar-refractivity contribution in [2.75, 3.05) is 0 Å². The molecular formula is C17H18O2. The summed E-state index contributed by atoms with van der Waals surface area (Å²) in [6.45, 7) is 3.81. The predicted octanol–water partition coefficient (Wildman–Crippen LogP) is 3.57. The molecule has 1 aromatic carbocycles. The van der Waals surface area contributed by atoms with Gasteiger partial charge in [-0.2, -0.15) is 0 Å². The number of terminal acetylenes is 1. The summed E-state index contributed by atoms with van der Waals surface area (Å²) in [6, 6.07) is 7.17. The lowest BCUT2D eigenvalue weighted by Gasteiger charge is -2.25. The molecule has 0 atom stereocenters. The Hall–Kier alpha value is -2.01. The van der Waals surface area contributed by atoms with Gasteiger partial charge in [0.15, 0.2) is 0 Å². The summed E-state index contributed by atoms with van der Waals surface area (Å²) in [4.78, 5) is 12.1. The zero-order valence-corrected chi connectivity index (χ0v) is 11.0. The molecule has 1 aliphatic carbocycles. The van der Waals surface area contributed by atoms with E-state index in [4.69, 9.17) is 11.2 Å². The molecule has 2 rings (SSSR count). The summed E-state index contributed by atoms with van der Waals surface area (Å²) in [5.41, 5.74) is 0.621. The lowest BCUT2D eigenvalue weighted by atomic mass is 9.82. The largest absolute Gasteiger partial charge is 0.425 e. The van der Waals surface area contributed by atoms with Crippen LogP contribution in [0, 0.1) is 24.2 Å². The Bertz CT molecular complexity index is 502. The lowest BCUT2D eigenvalue weighted by molar-refractivity contribution is -0.140. The topological polar surface area (TPSA) is 26.3 Å². The van der Waals surface area contributed by atoms with Crippen molar-refractivity contribution in [2.45, 2.75) is 25.7 Å². The maximum atomic E-state index is 12.1. The smallest absolute Gasteiger partial charge is 0.314 e. The van der Waals surface area contributed by atoms with Crippen LogP contribution in [0.5, 0.6) is 5.75 Å². The first-order valence-electron chi connectivity index (χ1n) is 6.64. The Kier molecular flexibility index (Phi) is 4.41. The monoisotopic (exact) mass is 254 g/mol. The molecule has 0 saturated heterocycles. The van der Waals surface area contributed by atoms with E-state index in [1.54, 1.807) is 12.1 Å². The molecule has 1 fully saturated rings. The number of rotatable bonds is 3. The maximum absolute atomic E-state index is 12.1. The van der Waals surface area contributed by atoms with Gasteiger partial charge in [0.05, 0.1) is 11.5 Å². The van der Waals surface area contributed by atoms with E-state index in [1.807, 2.05) is 18.2 Å². The molecule has 0 spiro atoms. The lowest BCUT2D eigenvalue weighted by Crippen LogP contribution is -2.25. The maximum Gasteiger partial charge on any atom is 0.314 e. The van der Waals surface area contributed by atoms with Gasteiger partial charge in [0.25, 0.3) is 0 Å². The van der Waals surface area contributed by atoms with Gasteiger partial charge in [-0.15, -0.1) is 13.0 Å². The number of hydrogen-bond acceptors (Lipinski definition) is 2. The third-order valence-corrected chi connectivity index (χ3v) is 3.69. The zero-order valence-electron chi connectivity index (χ0n) is 11.0. The van der Waals surface area contributed by atoms with Crippen molar-refractivity contribution in [2.24, 2.45) is 11.8 Å². The predicted molar refractivity (Wildman–Crippen MR) is 75.7 cm³/mol. The molecule has 0 aliphatic heterocycles. The van der Waals surface area contributed by atoms with Crippen LogP contribution in [0.4, 0.5) is 0 Å². The van der Waals surface area contributed by atoms with Crippen molar-refractivity contribution in [3.05, 3.63) is 42.5 Å². The number of allylic oxidation sites excluding steroid dienone is 1. The molecule has 2 heteroatoms. The quantitative estimate of drug-likeness (QED) is 0.357. The van der Waals surface area contributed by atoms with E-state index in [2.05, 4.69) is 12.5 Å². The van der Waals surface area contributed by atoms with E-state index in [9.17, 15) is 4.79 Å². The van der Waals surface area contributed by atoms with E-state index in [0.29, 0.717) is 17.2 Å². The molecule has 0 N–H and O–H groups in total.